The Bertz CT molecular complexity index is 462. The molecule has 0 radical (unpaired) electrons. The van der Waals surface area contributed by atoms with Crippen LogP contribution in [0.2, 0.25) is 0 Å². The summed E-state index contributed by atoms with van der Waals surface area (Å²) in [5, 5.41) is 0. The van der Waals surface area contributed by atoms with E-state index in [1.165, 1.54) is 11.3 Å². The third-order valence-corrected chi connectivity index (χ3v) is 7.11. The highest BCUT2D eigenvalue weighted by Gasteiger charge is 2.22. The molecule has 0 aliphatic heterocycles. The second-order valence-corrected chi connectivity index (χ2v) is 8.63. The minimum atomic E-state index is -3.38. The molecule has 0 aliphatic carbocycles. The van der Waals surface area contributed by atoms with Gasteiger partial charge in [0.1, 0.15) is 4.21 Å². The van der Waals surface area contributed by atoms with E-state index >= 15 is 0 Å². The van der Waals surface area contributed by atoms with Crippen LogP contribution in [0.4, 0.5) is 0 Å². The van der Waals surface area contributed by atoms with Crippen LogP contribution in [0.15, 0.2) is 14.1 Å². The van der Waals surface area contributed by atoms with Crippen molar-refractivity contribution in [1.29, 1.82) is 0 Å². The van der Waals surface area contributed by atoms with Gasteiger partial charge < -0.3 is 0 Å². The Balaban J connectivity index is 2.89. The molecule has 0 amide bonds. The smallest absolute Gasteiger partial charge is 0.207 e. The van der Waals surface area contributed by atoms with Gasteiger partial charge in [0.2, 0.25) is 10.0 Å². The van der Waals surface area contributed by atoms with Crippen molar-refractivity contribution in [1.82, 2.24) is 4.72 Å². The number of rotatable bonds is 5. The van der Waals surface area contributed by atoms with Gasteiger partial charge in [-0.15, -0.1) is 11.3 Å². The fourth-order valence-electron chi connectivity index (χ4n) is 1.34. The average Bonchev–Trinajstić information content (AvgIpc) is 2.58. The summed E-state index contributed by atoms with van der Waals surface area (Å²) in [6.45, 7) is 7.89. The first-order valence-corrected chi connectivity index (χ1v) is 8.65. The van der Waals surface area contributed by atoms with Gasteiger partial charge in [0.05, 0.1) is 3.79 Å². The van der Waals surface area contributed by atoms with Crippen LogP contribution in [-0.4, -0.2) is 14.5 Å². The molecule has 0 aliphatic rings. The number of sulfonamides is 1. The lowest BCUT2D eigenvalue weighted by Gasteiger charge is -2.19. The number of aryl methyl sites for hydroxylation is 1. The minimum absolute atomic E-state index is 0.0498. The first kappa shape index (κ1) is 15.1. The third-order valence-electron chi connectivity index (χ3n) is 2.94. The zero-order valence-electron chi connectivity index (χ0n) is 10.5. The number of nitrogens with one attached hydrogen (secondary N) is 1. The van der Waals surface area contributed by atoms with Gasteiger partial charge in [-0.3, -0.25) is 0 Å². The zero-order valence-corrected chi connectivity index (χ0v) is 13.7. The maximum absolute atomic E-state index is 12.1. The molecule has 2 unspecified atom stereocenters. The summed E-state index contributed by atoms with van der Waals surface area (Å²) < 4.78 is 28.2. The number of hydrogen-bond donors (Lipinski definition) is 1. The Morgan fingerprint density at radius 2 is 2.06 bits per heavy atom. The van der Waals surface area contributed by atoms with Gasteiger partial charge in [-0.2, -0.15) is 0 Å². The van der Waals surface area contributed by atoms with Gasteiger partial charge in [0.25, 0.3) is 0 Å². The summed E-state index contributed by atoms with van der Waals surface area (Å²) >= 11 is 4.59. The van der Waals surface area contributed by atoms with Crippen LogP contribution in [0.3, 0.4) is 0 Å². The molecule has 17 heavy (non-hydrogen) atoms. The maximum atomic E-state index is 12.1. The van der Waals surface area contributed by atoms with Gasteiger partial charge in [-0.25, -0.2) is 13.1 Å². The van der Waals surface area contributed by atoms with Crippen molar-refractivity contribution in [2.45, 2.75) is 44.4 Å². The molecule has 1 aromatic rings. The SMILES string of the molecule is CCC(C)C(C)NS(=O)(=O)c1cc(C)c(Br)s1. The van der Waals surface area contributed by atoms with Crippen molar-refractivity contribution in [3.63, 3.8) is 0 Å². The van der Waals surface area contributed by atoms with Crippen LogP contribution in [0.25, 0.3) is 0 Å². The van der Waals surface area contributed by atoms with Crippen molar-refractivity contribution < 1.29 is 8.42 Å². The van der Waals surface area contributed by atoms with Gasteiger partial charge in [0, 0.05) is 6.04 Å². The second kappa shape index (κ2) is 5.82. The molecule has 6 heteroatoms. The molecule has 1 heterocycles. The molecular formula is C11H18BrNO2S2. The summed E-state index contributed by atoms with van der Waals surface area (Å²) in [7, 11) is -3.38. The van der Waals surface area contributed by atoms with Crippen LogP contribution in [0.1, 0.15) is 32.8 Å². The van der Waals surface area contributed by atoms with E-state index in [0.717, 1.165) is 15.8 Å². The van der Waals surface area contributed by atoms with Gasteiger partial charge in [-0.1, -0.05) is 20.3 Å². The minimum Gasteiger partial charge on any atom is -0.207 e. The standard InChI is InChI=1S/C11H18BrNO2S2/c1-5-7(2)9(4)13-17(14,15)10-6-8(3)11(12)16-10/h6-7,9,13H,5H2,1-4H3. The first-order valence-electron chi connectivity index (χ1n) is 5.56. The van der Waals surface area contributed by atoms with E-state index in [1.807, 2.05) is 20.8 Å². The molecule has 98 valence electrons. The van der Waals surface area contributed by atoms with E-state index in [9.17, 15) is 8.42 Å². The largest absolute Gasteiger partial charge is 0.250 e. The van der Waals surface area contributed by atoms with E-state index in [-0.39, 0.29) is 6.04 Å². The lowest BCUT2D eigenvalue weighted by Crippen LogP contribution is -2.36. The molecule has 1 N–H and O–H groups in total. The van der Waals surface area contributed by atoms with Crippen molar-refractivity contribution in [2.24, 2.45) is 5.92 Å². The number of halogens is 1. The lowest BCUT2D eigenvalue weighted by molar-refractivity contribution is 0.434. The summed E-state index contributed by atoms with van der Waals surface area (Å²) in [5.41, 5.74) is 0.951. The fourth-order valence-corrected chi connectivity index (χ4v) is 4.93. The Kier molecular flexibility index (Phi) is 5.19. The highest BCUT2D eigenvalue weighted by atomic mass is 79.9. The third kappa shape index (κ3) is 3.77. The van der Waals surface area contributed by atoms with Crippen LogP contribution in [0.5, 0.6) is 0 Å². The molecule has 0 spiro atoms. The summed E-state index contributed by atoms with van der Waals surface area (Å²) in [4.78, 5) is 0. The number of hydrogen-bond acceptors (Lipinski definition) is 3. The molecule has 2 atom stereocenters. The van der Waals surface area contributed by atoms with Crippen LogP contribution < -0.4 is 4.72 Å². The molecule has 0 fully saturated rings. The highest BCUT2D eigenvalue weighted by Crippen LogP contribution is 2.30. The summed E-state index contributed by atoms with van der Waals surface area (Å²) in [5.74, 6) is 0.328. The van der Waals surface area contributed by atoms with Crippen molar-refractivity contribution in [3.8, 4) is 0 Å². The van der Waals surface area contributed by atoms with E-state index in [0.29, 0.717) is 10.1 Å². The highest BCUT2D eigenvalue weighted by molar-refractivity contribution is 9.11. The molecule has 0 saturated heterocycles. The van der Waals surface area contributed by atoms with Crippen LogP contribution >= 0.6 is 27.3 Å². The second-order valence-electron chi connectivity index (χ2n) is 4.32. The van der Waals surface area contributed by atoms with E-state index in [1.54, 1.807) is 6.07 Å². The molecular weight excluding hydrogens is 322 g/mol. The monoisotopic (exact) mass is 339 g/mol. The van der Waals surface area contributed by atoms with Crippen LogP contribution in [-0.2, 0) is 10.0 Å². The molecule has 1 rings (SSSR count). The van der Waals surface area contributed by atoms with Crippen molar-refractivity contribution >= 4 is 37.3 Å². The Hall–Kier alpha value is 0.0900. The number of thiophene rings is 1. The summed E-state index contributed by atoms with van der Waals surface area (Å²) in [6.07, 6.45) is 0.955. The Morgan fingerprint density at radius 1 is 1.47 bits per heavy atom. The van der Waals surface area contributed by atoms with Gasteiger partial charge in [0.15, 0.2) is 0 Å². The van der Waals surface area contributed by atoms with E-state index in [4.69, 9.17) is 0 Å². The van der Waals surface area contributed by atoms with Gasteiger partial charge in [-0.05, 0) is 47.3 Å². The topological polar surface area (TPSA) is 46.2 Å². The fraction of sp³-hybridized carbons (Fsp3) is 0.636. The molecule has 1 aromatic heterocycles. The molecule has 0 bridgehead atoms. The Labute approximate surface area is 116 Å². The predicted molar refractivity (Wildman–Crippen MR) is 76.0 cm³/mol. The van der Waals surface area contributed by atoms with Gasteiger partial charge >= 0.3 is 0 Å². The normalized spacial score (nSPS) is 15.8. The average molecular weight is 340 g/mol. The van der Waals surface area contributed by atoms with Crippen LogP contribution in [0, 0.1) is 12.8 Å². The van der Waals surface area contributed by atoms with Crippen molar-refractivity contribution in [3.05, 3.63) is 15.4 Å². The lowest BCUT2D eigenvalue weighted by atomic mass is 10.0. The predicted octanol–water partition coefficient (Wildman–Crippen LogP) is 3.53. The summed E-state index contributed by atoms with van der Waals surface area (Å²) in [6, 6.07) is 1.65. The quantitative estimate of drug-likeness (QED) is 0.891. The van der Waals surface area contributed by atoms with E-state index in [2.05, 4.69) is 27.6 Å². The van der Waals surface area contributed by atoms with E-state index < -0.39 is 10.0 Å². The maximum Gasteiger partial charge on any atom is 0.250 e. The zero-order chi connectivity index (χ0) is 13.2. The first-order chi connectivity index (χ1) is 7.77. The van der Waals surface area contributed by atoms with Crippen molar-refractivity contribution in [2.75, 3.05) is 0 Å². The molecule has 0 aromatic carbocycles. The Morgan fingerprint density at radius 3 is 2.47 bits per heavy atom. The molecule has 3 nitrogen and oxygen atoms in total. The molecule has 0 saturated carbocycles.